The van der Waals surface area contributed by atoms with Crippen LogP contribution >= 0.6 is 0 Å². The first kappa shape index (κ1) is 19.1. The van der Waals surface area contributed by atoms with E-state index in [2.05, 4.69) is 10.3 Å². The van der Waals surface area contributed by atoms with Crippen molar-refractivity contribution in [2.24, 2.45) is 0 Å². The van der Waals surface area contributed by atoms with Crippen LogP contribution in [0.25, 0.3) is 0 Å². The molecule has 1 amide bonds. The van der Waals surface area contributed by atoms with Crippen molar-refractivity contribution in [3.05, 3.63) is 95.8 Å². The van der Waals surface area contributed by atoms with E-state index in [9.17, 15) is 14.7 Å². The first-order valence-corrected chi connectivity index (χ1v) is 8.82. The van der Waals surface area contributed by atoms with Crippen LogP contribution in [0.3, 0.4) is 0 Å². The summed E-state index contributed by atoms with van der Waals surface area (Å²) >= 11 is 0. The molecule has 0 aliphatic heterocycles. The van der Waals surface area contributed by atoms with Gasteiger partial charge in [0.05, 0.1) is 0 Å². The fourth-order valence-corrected chi connectivity index (χ4v) is 2.63. The van der Waals surface area contributed by atoms with Crippen LogP contribution in [0, 0.1) is 0 Å². The molecule has 28 heavy (non-hydrogen) atoms. The van der Waals surface area contributed by atoms with Gasteiger partial charge in [0.25, 0.3) is 5.91 Å². The number of nitrogens with one attached hydrogen (secondary N) is 1. The van der Waals surface area contributed by atoms with E-state index < -0.39 is 17.9 Å². The zero-order valence-electron chi connectivity index (χ0n) is 15.1. The first-order valence-electron chi connectivity index (χ1n) is 8.82. The number of aromatic nitrogens is 1. The summed E-state index contributed by atoms with van der Waals surface area (Å²) in [6.45, 7) is 0.456. The molecule has 2 aromatic carbocycles. The number of ether oxygens (including phenoxy) is 1. The molecule has 6 heteroatoms. The zero-order chi connectivity index (χ0) is 19.8. The van der Waals surface area contributed by atoms with Gasteiger partial charge in [-0.1, -0.05) is 48.5 Å². The molecule has 0 saturated heterocycles. The molecule has 3 aromatic rings. The van der Waals surface area contributed by atoms with Crippen LogP contribution in [0.4, 0.5) is 0 Å². The third kappa shape index (κ3) is 5.41. The van der Waals surface area contributed by atoms with Crippen molar-refractivity contribution >= 4 is 11.9 Å². The third-order valence-corrected chi connectivity index (χ3v) is 4.11. The van der Waals surface area contributed by atoms with Crippen LogP contribution in [0.5, 0.6) is 5.75 Å². The van der Waals surface area contributed by atoms with Crippen molar-refractivity contribution in [3.63, 3.8) is 0 Å². The lowest BCUT2D eigenvalue weighted by molar-refractivity contribution is -0.139. The monoisotopic (exact) mass is 376 g/mol. The number of carbonyl (C=O) groups excluding carboxylic acids is 1. The van der Waals surface area contributed by atoms with Gasteiger partial charge in [0, 0.05) is 12.6 Å². The lowest BCUT2D eigenvalue weighted by Crippen LogP contribution is -2.42. The molecule has 0 unspecified atom stereocenters. The van der Waals surface area contributed by atoms with Crippen molar-refractivity contribution in [1.82, 2.24) is 10.3 Å². The average Bonchev–Trinajstić information content (AvgIpc) is 2.74. The Bertz CT molecular complexity index is 912. The Kier molecular flexibility index (Phi) is 6.36. The fourth-order valence-electron chi connectivity index (χ4n) is 2.63. The van der Waals surface area contributed by atoms with E-state index >= 15 is 0 Å². The van der Waals surface area contributed by atoms with Crippen molar-refractivity contribution in [1.29, 1.82) is 0 Å². The lowest BCUT2D eigenvalue weighted by atomic mass is 10.1. The third-order valence-electron chi connectivity index (χ3n) is 4.11. The minimum atomic E-state index is -1.10. The molecule has 1 heterocycles. The number of amides is 1. The summed E-state index contributed by atoms with van der Waals surface area (Å²) in [5, 5.41) is 11.9. The number of carboxylic acids is 1. The number of nitrogens with zero attached hydrogens (tertiary/aromatic N) is 1. The van der Waals surface area contributed by atoms with Crippen molar-refractivity contribution < 1.29 is 19.4 Å². The normalized spacial score (nSPS) is 11.4. The van der Waals surface area contributed by atoms with E-state index in [0.717, 1.165) is 11.1 Å². The summed E-state index contributed by atoms with van der Waals surface area (Å²) in [4.78, 5) is 27.6. The molecule has 0 radical (unpaired) electrons. The quantitative estimate of drug-likeness (QED) is 0.631. The molecule has 3 rings (SSSR count). The second-order valence-corrected chi connectivity index (χ2v) is 6.20. The minimum absolute atomic E-state index is 0.160. The molecule has 0 fully saturated rings. The highest BCUT2D eigenvalue weighted by atomic mass is 16.5. The SMILES string of the molecule is O=C(N[C@H](Cc1ccc(OCc2ccccc2)cc1)C(=O)O)c1ccccn1. The molecule has 2 N–H and O–H groups in total. The summed E-state index contributed by atoms with van der Waals surface area (Å²) in [6.07, 6.45) is 1.64. The molecule has 1 aromatic heterocycles. The minimum Gasteiger partial charge on any atom is -0.489 e. The van der Waals surface area contributed by atoms with E-state index in [-0.39, 0.29) is 12.1 Å². The zero-order valence-corrected chi connectivity index (χ0v) is 15.1. The van der Waals surface area contributed by atoms with Crippen LogP contribution in [0.2, 0.25) is 0 Å². The number of carboxylic acid groups (broad SMARTS) is 1. The highest BCUT2D eigenvalue weighted by molar-refractivity contribution is 5.94. The summed E-state index contributed by atoms with van der Waals surface area (Å²) in [5.74, 6) is -0.929. The molecule has 142 valence electrons. The highest BCUT2D eigenvalue weighted by Gasteiger charge is 2.21. The number of rotatable bonds is 8. The topological polar surface area (TPSA) is 88.5 Å². The molecular weight excluding hydrogens is 356 g/mol. The summed E-state index contributed by atoms with van der Waals surface area (Å²) in [6, 6.07) is 20.8. The van der Waals surface area contributed by atoms with Gasteiger partial charge in [0.15, 0.2) is 0 Å². The number of hydrogen-bond acceptors (Lipinski definition) is 4. The smallest absolute Gasteiger partial charge is 0.326 e. The van der Waals surface area contributed by atoms with Gasteiger partial charge in [-0.25, -0.2) is 4.79 Å². The standard InChI is InChI=1S/C22H20N2O4/c25-21(19-8-4-5-13-23-19)24-20(22(26)27)14-16-9-11-18(12-10-16)28-15-17-6-2-1-3-7-17/h1-13,20H,14-15H2,(H,24,25)(H,26,27)/t20-/m1/s1. The van der Waals surface area contributed by atoms with Gasteiger partial charge in [-0.15, -0.1) is 0 Å². The maximum absolute atomic E-state index is 12.2. The van der Waals surface area contributed by atoms with Gasteiger partial charge in [-0.05, 0) is 35.4 Å². The molecule has 0 aliphatic rings. The van der Waals surface area contributed by atoms with Crippen molar-refractivity contribution in [3.8, 4) is 5.75 Å². The Morgan fingerprint density at radius 2 is 1.64 bits per heavy atom. The second-order valence-electron chi connectivity index (χ2n) is 6.20. The van der Waals surface area contributed by atoms with Crippen LogP contribution in [0.1, 0.15) is 21.6 Å². The van der Waals surface area contributed by atoms with E-state index in [4.69, 9.17) is 4.74 Å². The number of carbonyl (C=O) groups is 2. The fraction of sp³-hybridized carbons (Fsp3) is 0.136. The molecule has 0 aliphatic carbocycles. The maximum atomic E-state index is 12.2. The van der Waals surface area contributed by atoms with Gasteiger partial charge in [-0.3, -0.25) is 9.78 Å². The number of pyridine rings is 1. The van der Waals surface area contributed by atoms with Crippen molar-refractivity contribution in [2.45, 2.75) is 19.1 Å². The largest absolute Gasteiger partial charge is 0.489 e. The molecule has 0 bridgehead atoms. The number of aliphatic carboxylic acids is 1. The van der Waals surface area contributed by atoms with E-state index in [0.29, 0.717) is 12.4 Å². The van der Waals surface area contributed by atoms with Crippen LogP contribution in [-0.4, -0.2) is 28.0 Å². The van der Waals surface area contributed by atoms with Gasteiger partial charge < -0.3 is 15.2 Å². The van der Waals surface area contributed by atoms with Gasteiger partial charge in [0.2, 0.25) is 0 Å². The molecule has 0 saturated carbocycles. The molecular formula is C22H20N2O4. The van der Waals surface area contributed by atoms with E-state index in [1.54, 1.807) is 36.4 Å². The predicted octanol–water partition coefficient (Wildman–Crippen LogP) is 3.09. The molecule has 0 spiro atoms. The Balaban J connectivity index is 1.59. The Morgan fingerprint density at radius 3 is 2.29 bits per heavy atom. The van der Waals surface area contributed by atoms with Gasteiger partial charge in [0.1, 0.15) is 24.1 Å². The van der Waals surface area contributed by atoms with E-state index in [1.165, 1.54) is 12.3 Å². The summed E-state index contributed by atoms with van der Waals surface area (Å²) in [7, 11) is 0. The summed E-state index contributed by atoms with van der Waals surface area (Å²) in [5.41, 5.74) is 2.02. The Labute approximate surface area is 162 Å². The first-order chi connectivity index (χ1) is 13.6. The Hall–Kier alpha value is -3.67. The van der Waals surface area contributed by atoms with Gasteiger partial charge in [-0.2, -0.15) is 0 Å². The molecule has 1 atom stereocenters. The highest BCUT2D eigenvalue weighted by Crippen LogP contribution is 2.15. The Morgan fingerprint density at radius 1 is 0.929 bits per heavy atom. The molecule has 6 nitrogen and oxygen atoms in total. The second kappa shape index (κ2) is 9.32. The predicted molar refractivity (Wildman–Crippen MR) is 104 cm³/mol. The van der Waals surface area contributed by atoms with Gasteiger partial charge >= 0.3 is 5.97 Å². The summed E-state index contributed by atoms with van der Waals surface area (Å²) < 4.78 is 5.73. The van der Waals surface area contributed by atoms with Crippen LogP contribution < -0.4 is 10.1 Å². The maximum Gasteiger partial charge on any atom is 0.326 e. The number of benzene rings is 2. The lowest BCUT2D eigenvalue weighted by Gasteiger charge is -2.15. The average molecular weight is 376 g/mol. The van der Waals surface area contributed by atoms with Crippen LogP contribution in [-0.2, 0) is 17.8 Å². The van der Waals surface area contributed by atoms with Crippen molar-refractivity contribution in [2.75, 3.05) is 0 Å². The number of hydrogen-bond donors (Lipinski definition) is 2. The van der Waals surface area contributed by atoms with Crippen LogP contribution in [0.15, 0.2) is 79.0 Å². The van der Waals surface area contributed by atoms with E-state index in [1.807, 2.05) is 30.3 Å².